The average molecular weight is 307 g/mol. The van der Waals surface area contributed by atoms with Gasteiger partial charge in [-0.05, 0) is 19.8 Å². The summed E-state index contributed by atoms with van der Waals surface area (Å²) in [6.07, 6.45) is 0.597. The molecule has 3 heterocycles. The van der Waals surface area contributed by atoms with Crippen molar-refractivity contribution in [1.82, 2.24) is 4.90 Å². The Morgan fingerprint density at radius 3 is 2.80 bits per heavy atom. The van der Waals surface area contributed by atoms with Crippen LogP contribution in [-0.2, 0) is 14.3 Å². The molecule has 0 aromatic carbocycles. The number of carbonyl (C=O) groups is 2. The molecule has 0 unspecified atom stereocenters. The van der Waals surface area contributed by atoms with Crippen LogP contribution in [-0.4, -0.2) is 46.1 Å². The monoisotopic (exact) mass is 307 g/mol. The van der Waals surface area contributed by atoms with Crippen LogP contribution < -0.4 is 34.7 Å². The van der Waals surface area contributed by atoms with Crippen LogP contribution in [0.25, 0.3) is 0 Å². The number of ether oxygens (including phenoxy) is 1. The maximum absolute atomic E-state index is 11.9. The van der Waals surface area contributed by atoms with E-state index in [1.807, 2.05) is 0 Å². The van der Waals surface area contributed by atoms with Gasteiger partial charge in [0.15, 0.2) is 0 Å². The minimum atomic E-state index is -1.35. The molecule has 3 rings (SSSR count). The van der Waals surface area contributed by atoms with Crippen molar-refractivity contribution in [3.63, 3.8) is 0 Å². The summed E-state index contributed by atoms with van der Waals surface area (Å²) in [5, 5.41) is 20.5. The number of β-lactam (4-membered cyclic amide) rings is 1. The molecule has 2 saturated heterocycles. The molecule has 1 N–H and O–H groups in total. The standard InChI is InChI=1S/C12H15NO5S.Na/c1-5(14)7-10(15)13-8(12(16)17)9(19-11(7)13)6-3-2-4-18-6;/h5-7,11,14H,2-4H2,1H3,(H,16,17);/q;+1/p-1/t5-,6+,7+,11+;/m0./s1. The Bertz CT molecular complexity index is 474. The number of carboxylic acid groups (broad SMARTS) is 1. The van der Waals surface area contributed by atoms with Crippen molar-refractivity contribution in [3.05, 3.63) is 10.6 Å². The minimum Gasteiger partial charge on any atom is -0.543 e. The third-order valence-electron chi connectivity index (χ3n) is 3.74. The summed E-state index contributed by atoms with van der Waals surface area (Å²) in [6, 6.07) is 0. The molecule has 2 fully saturated rings. The smallest absolute Gasteiger partial charge is 0.543 e. The third kappa shape index (κ3) is 2.34. The summed E-state index contributed by atoms with van der Waals surface area (Å²) < 4.78 is 5.50. The van der Waals surface area contributed by atoms with E-state index >= 15 is 0 Å². The molecule has 3 aliphatic heterocycles. The number of thioether (sulfide) groups is 1. The topological polar surface area (TPSA) is 89.9 Å². The van der Waals surface area contributed by atoms with Crippen LogP contribution in [0.15, 0.2) is 10.6 Å². The zero-order valence-corrected chi connectivity index (χ0v) is 14.2. The molecule has 0 radical (unpaired) electrons. The van der Waals surface area contributed by atoms with E-state index in [1.54, 1.807) is 6.92 Å². The summed E-state index contributed by atoms with van der Waals surface area (Å²) in [7, 11) is 0. The van der Waals surface area contributed by atoms with Gasteiger partial charge in [-0.15, -0.1) is 0 Å². The Balaban J connectivity index is 0.00000147. The van der Waals surface area contributed by atoms with Crippen LogP contribution in [0, 0.1) is 5.92 Å². The molecular formula is C12H14NNaO5S. The van der Waals surface area contributed by atoms with Gasteiger partial charge in [0.2, 0.25) is 5.91 Å². The molecule has 104 valence electrons. The summed E-state index contributed by atoms with van der Waals surface area (Å²) in [5.74, 6) is -2.24. The quantitative estimate of drug-likeness (QED) is 0.423. The molecule has 0 bridgehead atoms. The number of hydrogen-bond donors (Lipinski definition) is 1. The zero-order valence-electron chi connectivity index (χ0n) is 11.4. The first kappa shape index (κ1) is 16.3. The number of rotatable bonds is 3. The van der Waals surface area contributed by atoms with Gasteiger partial charge in [0.05, 0.1) is 29.8 Å². The molecule has 4 atom stereocenters. The van der Waals surface area contributed by atoms with E-state index in [2.05, 4.69) is 0 Å². The molecular weight excluding hydrogens is 293 g/mol. The molecule has 0 aromatic heterocycles. The van der Waals surface area contributed by atoms with Crippen molar-refractivity contribution in [2.75, 3.05) is 6.61 Å². The summed E-state index contributed by atoms with van der Waals surface area (Å²) in [6.45, 7) is 2.15. The second-order valence-corrected chi connectivity index (χ2v) is 6.14. The van der Waals surface area contributed by atoms with Gasteiger partial charge < -0.3 is 19.7 Å². The van der Waals surface area contributed by atoms with Crippen molar-refractivity contribution in [1.29, 1.82) is 0 Å². The first-order chi connectivity index (χ1) is 9.02. The van der Waals surface area contributed by atoms with E-state index in [-0.39, 0.29) is 52.6 Å². The Morgan fingerprint density at radius 2 is 2.30 bits per heavy atom. The van der Waals surface area contributed by atoms with E-state index in [1.165, 1.54) is 16.7 Å². The fraction of sp³-hybridized carbons (Fsp3) is 0.667. The van der Waals surface area contributed by atoms with Gasteiger partial charge in [0, 0.05) is 11.5 Å². The second-order valence-electron chi connectivity index (χ2n) is 4.99. The van der Waals surface area contributed by atoms with Crippen LogP contribution in [0.2, 0.25) is 0 Å². The predicted molar refractivity (Wildman–Crippen MR) is 64.4 cm³/mol. The van der Waals surface area contributed by atoms with Crippen LogP contribution in [0.1, 0.15) is 19.8 Å². The van der Waals surface area contributed by atoms with Crippen molar-refractivity contribution in [2.24, 2.45) is 5.92 Å². The molecule has 8 heteroatoms. The second kappa shape index (κ2) is 5.98. The largest absolute Gasteiger partial charge is 1.00 e. The number of carboxylic acids is 1. The van der Waals surface area contributed by atoms with Crippen molar-refractivity contribution >= 4 is 23.6 Å². The molecule has 6 nitrogen and oxygen atoms in total. The van der Waals surface area contributed by atoms with Crippen LogP contribution >= 0.6 is 11.8 Å². The molecule has 0 aliphatic carbocycles. The SMILES string of the molecule is C[C@H](O)[C@@H]1C(=O)N2C(C(=O)[O-])=C([C@H]3CCCO3)S[C@H]12.[Na+]. The van der Waals surface area contributed by atoms with Gasteiger partial charge in [0.1, 0.15) is 5.37 Å². The number of aliphatic hydroxyl groups is 1. The van der Waals surface area contributed by atoms with Crippen LogP contribution in [0.4, 0.5) is 0 Å². The first-order valence-corrected chi connectivity index (χ1v) is 7.15. The van der Waals surface area contributed by atoms with Crippen molar-refractivity contribution < 1.29 is 54.1 Å². The minimum absolute atomic E-state index is 0. The number of aliphatic carboxylic acids is 1. The molecule has 20 heavy (non-hydrogen) atoms. The molecule has 0 spiro atoms. The maximum atomic E-state index is 11.9. The number of nitrogens with zero attached hydrogens (tertiary/aromatic N) is 1. The summed E-state index contributed by atoms with van der Waals surface area (Å²) in [4.78, 5) is 25.0. The van der Waals surface area contributed by atoms with E-state index < -0.39 is 18.0 Å². The Hall–Kier alpha value is -0.0500. The Kier molecular flexibility index (Phi) is 4.88. The van der Waals surface area contributed by atoms with E-state index in [0.29, 0.717) is 11.5 Å². The van der Waals surface area contributed by atoms with Gasteiger partial charge >= 0.3 is 29.6 Å². The summed E-state index contributed by atoms with van der Waals surface area (Å²) in [5.41, 5.74) is -0.0659. The fourth-order valence-corrected chi connectivity index (χ4v) is 4.51. The number of carbonyl (C=O) groups excluding carboxylic acids is 2. The predicted octanol–water partition coefficient (Wildman–Crippen LogP) is -3.96. The third-order valence-corrected chi connectivity index (χ3v) is 5.20. The zero-order chi connectivity index (χ0) is 13.7. The molecule has 3 aliphatic rings. The Morgan fingerprint density at radius 1 is 1.60 bits per heavy atom. The molecule has 1 amide bonds. The van der Waals surface area contributed by atoms with Crippen molar-refractivity contribution in [3.8, 4) is 0 Å². The first-order valence-electron chi connectivity index (χ1n) is 6.27. The fourth-order valence-electron chi connectivity index (χ4n) is 2.81. The van der Waals surface area contributed by atoms with Gasteiger partial charge in [0.25, 0.3) is 0 Å². The number of aliphatic hydroxyl groups excluding tert-OH is 1. The van der Waals surface area contributed by atoms with E-state index in [9.17, 15) is 19.8 Å². The Labute approximate surface area is 142 Å². The normalized spacial score (nSPS) is 33.6. The molecule has 0 aromatic rings. The number of amides is 1. The van der Waals surface area contributed by atoms with Gasteiger partial charge in [-0.25, -0.2) is 0 Å². The van der Waals surface area contributed by atoms with E-state index in [4.69, 9.17) is 4.74 Å². The van der Waals surface area contributed by atoms with Crippen LogP contribution in [0.3, 0.4) is 0 Å². The van der Waals surface area contributed by atoms with E-state index in [0.717, 1.165) is 12.8 Å². The van der Waals surface area contributed by atoms with Crippen LogP contribution in [0.5, 0.6) is 0 Å². The molecule has 0 saturated carbocycles. The van der Waals surface area contributed by atoms with Gasteiger partial charge in [-0.3, -0.25) is 9.69 Å². The summed E-state index contributed by atoms with van der Waals surface area (Å²) >= 11 is 1.31. The van der Waals surface area contributed by atoms with Gasteiger partial charge in [-0.1, -0.05) is 11.8 Å². The van der Waals surface area contributed by atoms with Crippen molar-refractivity contribution in [2.45, 2.75) is 37.3 Å². The number of hydrogen-bond acceptors (Lipinski definition) is 6. The maximum Gasteiger partial charge on any atom is 1.00 e. The van der Waals surface area contributed by atoms with Gasteiger partial charge in [-0.2, -0.15) is 0 Å². The average Bonchev–Trinajstić information content (AvgIpc) is 2.92. The number of fused-ring (bicyclic) bond motifs is 1.